The fraction of sp³-hybridized carbons (Fsp3) is 0.600. The van der Waals surface area contributed by atoms with Gasteiger partial charge in [-0.25, -0.2) is 0 Å². The standard InChI is InChI=1S/C15H22N2O3S/c1-3-8-20-14-10-12(5-6-13(14)17(18)19)16-11-15(2)7-4-9-21-15/h5-6,10,16H,3-4,7-9,11H2,1-2H3. The molecule has 0 amide bonds. The first kappa shape index (κ1) is 15.9. The molecule has 0 aliphatic carbocycles. The molecule has 1 aromatic rings. The van der Waals surface area contributed by atoms with Gasteiger partial charge in [-0.2, -0.15) is 11.8 Å². The lowest BCUT2D eigenvalue weighted by Crippen LogP contribution is -2.27. The zero-order valence-electron chi connectivity index (χ0n) is 12.6. The maximum absolute atomic E-state index is 11.0. The highest BCUT2D eigenvalue weighted by atomic mass is 32.2. The van der Waals surface area contributed by atoms with Crippen LogP contribution in [0.15, 0.2) is 18.2 Å². The molecule has 21 heavy (non-hydrogen) atoms. The van der Waals surface area contributed by atoms with Gasteiger partial charge in [-0.15, -0.1) is 0 Å². The van der Waals surface area contributed by atoms with Crippen LogP contribution in [0.25, 0.3) is 0 Å². The van der Waals surface area contributed by atoms with E-state index in [1.807, 2.05) is 18.7 Å². The minimum Gasteiger partial charge on any atom is -0.487 e. The van der Waals surface area contributed by atoms with Gasteiger partial charge >= 0.3 is 5.69 Å². The third-order valence-electron chi connectivity index (χ3n) is 3.59. The molecule has 1 aliphatic rings. The average Bonchev–Trinajstić information content (AvgIpc) is 2.90. The molecular formula is C15H22N2O3S. The number of rotatable bonds is 7. The van der Waals surface area contributed by atoms with Crippen molar-refractivity contribution < 1.29 is 9.66 Å². The molecule has 0 spiro atoms. The van der Waals surface area contributed by atoms with E-state index in [0.717, 1.165) is 18.7 Å². The summed E-state index contributed by atoms with van der Waals surface area (Å²) in [5.41, 5.74) is 0.899. The summed E-state index contributed by atoms with van der Waals surface area (Å²) in [6.07, 6.45) is 3.29. The summed E-state index contributed by atoms with van der Waals surface area (Å²) in [5.74, 6) is 1.56. The molecule has 1 atom stereocenters. The van der Waals surface area contributed by atoms with Crippen LogP contribution in [-0.4, -0.2) is 28.6 Å². The SMILES string of the molecule is CCCOc1cc(NCC2(C)CCCS2)ccc1[N+](=O)[O-]. The Morgan fingerprint density at radius 3 is 2.95 bits per heavy atom. The van der Waals surface area contributed by atoms with Gasteiger partial charge in [0.15, 0.2) is 5.75 Å². The van der Waals surface area contributed by atoms with Crippen LogP contribution in [0.1, 0.15) is 33.1 Å². The molecule has 0 radical (unpaired) electrons. The Balaban J connectivity index is 2.07. The Hall–Kier alpha value is -1.43. The van der Waals surface area contributed by atoms with Gasteiger partial charge in [-0.1, -0.05) is 6.92 Å². The van der Waals surface area contributed by atoms with E-state index in [1.54, 1.807) is 12.1 Å². The summed E-state index contributed by atoms with van der Waals surface area (Å²) in [6, 6.07) is 4.99. The van der Waals surface area contributed by atoms with Crippen molar-refractivity contribution in [3.05, 3.63) is 28.3 Å². The van der Waals surface area contributed by atoms with E-state index in [2.05, 4.69) is 12.2 Å². The maximum atomic E-state index is 11.0. The Morgan fingerprint density at radius 1 is 1.52 bits per heavy atom. The third-order valence-corrected chi connectivity index (χ3v) is 5.12. The number of nitro benzene ring substituents is 1. The van der Waals surface area contributed by atoms with Crippen LogP contribution in [0, 0.1) is 10.1 Å². The van der Waals surface area contributed by atoms with Crippen LogP contribution in [0.3, 0.4) is 0 Å². The molecule has 0 aromatic heterocycles. The van der Waals surface area contributed by atoms with Crippen LogP contribution in [-0.2, 0) is 0 Å². The summed E-state index contributed by atoms with van der Waals surface area (Å²) in [7, 11) is 0. The van der Waals surface area contributed by atoms with Crippen LogP contribution < -0.4 is 10.1 Å². The second-order valence-corrected chi connectivity index (χ2v) is 7.23. The number of nitro groups is 1. The number of benzene rings is 1. The van der Waals surface area contributed by atoms with Crippen molar-refractivity contribution in [1.82, 2.24) is 0 Å². The fourth-order valence-corrected chi connectivity index (χ4v) is 3.61. The van der Waals surface area contributed by atoms with Gasteiger partial charge in [0, 0.05) is 29.1 Å². The lowest BCUT2D eigenvalue weighted by molar-refractivity contribution is -0.385. The van der Waals surface area contributed by atoms with Gasteiger partial charge in [0.05, 0.1) is 11.5 Å². The molecular weight excluding hydrogens is 288 g/mol. The number of nitrogens with zero attached hydrogens (tertiary/aromatic N) is 1. The second kappa shape index (κ2) is 7.02. The molecule has 1 saturated heterocycles. The molecule has 6 heteroatoms. The van der Waals surface area contributed by atoms with Gasteiger partial charge < -0.3 is 10.1 Å². The number of hydrogen-bond acceptors (Lipinski definition) is 5. The summed E-state index contributed by atoms with van der Waals surface area (Å²) in [5, 5.41) is 14.4. The lowest BCUT2D eigenvalue weighted by Gasteiger charge is -2.23. The molecule has 1 N–H and O–H groups in total. The van der Waals surface area contributed by atoms with Gasteiger partial charge in [0.25, 0.3) is 0 Å². The number of anilines is 1. The highest BCUT2D eigenvalue weighted by Gasteiger charge is 2.29. The summed E-state index contributed by atoms with van der Waals surface area (Å²) < 4.78 is 5.75. The number of thioether (sulfide) groups is 1. The van der Waals surface area contributed by atoms with Crippen molar-refractivity contribution in [2.45, 2.75) is 37.9 Å². The van der Waals surface area contributed by atoms with Crippen molar-refractivity contribution in [3.8, 4) is 5.75 Å². The lowest BCUT2D eigenvalue weighted by atomic mass is 10.1. The highest BCUT2D eigenvalue weighted by Crippen LogP contribution is 2.38. The van der Waals surface area contributed by atoms with Crippen molar-refractivity contribution in [1.29, 1.82) is 0 Å². The maximum Gasteiger partial charge on any atom is 0.311 e. The minimum absolute atomic E-state index is 0.0236. The Labute approximate surface area is 129 Å². The van der Waals surface area contributed by atoms with Crippen LogP contribution >= 0.6 is 11.8 Å². The predicted octanol–water partition coefficient (Wildman–Crippen LogP) is 4.08. The van der Waals surface area contributed by atoms with Crippen LogP contribution in [0.4, 0.5) is 11.4 Å². The van der Waals surface area contributed by atoms with E-state index in [1.165, 1.54) is 24.7 Å². The zero-order chi connectivity index (χ0) is 15.3. The summed E-state index contributed by atoms with van der Waals surface area (Å²) >= 11 is 1.99. The zero-order valence-corrected chi connectivity index (χ0v) is 13.4. The van der Waals surface area contributed by atoms with Gasteiger partial charge in [0.1, 0.15) is 0 Å². The molecule has 1 heterocycles. The van der Waals surface area contributed by atoms with Crippen molar-refractivity contribution in [2.24, 2.45) is 0 Å². The molecule has 2 rings (SSSR count). The highest BCUT2D eigenvalue weighted by molar-refractivity contribution is 8.00. The van der Waals surface area contributed by atoms with Crippen molar-refractivity contribution in [3.63, 3.8) is 0 Å². The van der Waals surface area contributed by atoms with Gasteiger partial charge in [-0.05, 0) is 38.0 Å². The van der Waals surface area contributed by atoms with E-state index < -0.39 is 4.92 Å². The van der Waals surface area contributed by atoms with Crippen molar-refractivity contribution in [2.75, 3.05) is 24.2 Å². The molecule has 0 saturated carbocycles. The fourth-order valence-electron chi connectivity index (χ4n) is 2.37. The first-order valence-corrected chi connectivity index (χ1v) is 8.32. The molecule has 1 fully saturated rings. The van der Waals surface area contributed by atoms with E-state index in [4.69, 9.17) is 4.74 Å². The van der Waals surface area contributed by atoms with Gasteiger partial charge in [-0.3, -0.25) is 10.1 Å². The first-order valence-electron chi connectivity index (χ1n) is 7.33. The average molecular weight is 310 g/mol. The van der Waals surface area contributed by atoms with E-state index >= 15 is 0 Å². The van der Waals surface area contributed by atoms with Crippen LogP contribution in [0.5, 0.6) is 5.75 Å². The smallest absolute Gasteiger partial charge is 0.311 e. The first-order chi connectivity index (χ1) is 10.0. The molecule has 1 unspecified atom stereocenters. The Morgan fingerprint density at radius 2 is 2.33 bits per heavy atom. The summed E-state index contributed by atoms with van der Waals surface area (Å²) in [4.78, 5) is 10.6. The van der Waals surface area contributed by atoms with E-state index in [-0.39, 0.29) is 10.4 Å². The normalized spacial score (nSPS) is 21.2. The topological polar surface area (TPSA) is 64.4 Å². The summed E-state index contributed by atoms with van der Waals surface area (Å²) in [6.45, 7) is 5.59. The monoisotopic (exact) mass is 310 g/mol. The van der Waals surface area contributed by atoms with Crippen LogP contribution in [0.2, 0.25) is 0 Å². The van der Waals surface area contributed by atoms with Crippen molar-refractivity contribution >= 4 is 23.1 Å². The largest absolute Gasteiger partial charge is 0.487 e. The second-order valence-electron chi connectivity index (χ2n) is 5.54. The molecule has 116 valence electrons. The molecule has 0 bridgehead atoms. The Kier molecular flexibility index (Phi) is 5.33. The molecule has 1 aliphatic heterocycles. The van der Waals surface area contributed by atoms with Gasteiger partial charge in [0.2, 0.25) is 0 Å². The predicted molar refractivity (Wildman–Crippen MR) is 87.5 cm³/mol. The number of nitrogens with one attached hydrogen (secondary N) is 1. The van der Waals surface area contributed by atoms with E-state index in [0.29, 0.717) is 12.4 Å². The Bertz CT molecular complexity index is 502. The molecule has 5 nitrogen and oxygen atoms in total. The molecule has 1 aromatic carbocycles. The van der Waals surface area contributed by atoms with E-state index in [9.17, 15) is 10.1 Å². The number of ether oxygens (including phenoxy) is 1. The minimum atomic E-state index is -0.400. The number of hydrogen-bond donors (Lipinski definition) is 1. The third kappa shape index (κ3) is 4.27. The quantitative estimate of drug-likeness (QED) is 0.607.